The molecule has 0 spiro atoms. The zero-order chi connectivity index (χ0) is 26.0. The molecular weight excluding hydrogens is 486 g/mol. The Balaban J connectivity index is 0.000000342. The smallest absolute Gasteiger partial charge is 0.255 e. The van der Waals surface area contributed by atoms with Crippen molar-refractivity contribution in [3.63, 3.8) is 0 Å². The molecule has 1 fully saturated rings. The van der Waals surface area contributed by atoms with Crippen LogP contribution in [0.5, 0.6) is 0 Å². The summed E-state index contributed by atoms with van der Waals surface area (Å²) in [4.78, 5) is 15.2. The highest BCUT2D eigenvalue weighted by Crippen LogP contribution is 2.21. The van der Waals surface area contributed by atoms with Gasteiger partial charge in [-0.25, -0.2) is 0 Å². The highest BCUT2D eigenvalue weighted by molar-refractivity contribution is 7.79. The van der Waals surface area contributed by atoms with E-state index in [1.54, 1.807) is 12.1 Å². The maximum atomic E-state index is 12.4. The van der Waals surface area contributed by atoms with Gasteiger partial charge in [0.1, 0.15) is 0 Å². The molecule has 0 aliphatic carbocycles. The molecule has 0 aromatic heterocycles. The van der Waals surface area contributed by atoms with E-state index in [-0.39, 0.29) is 5.91 Å². The number of nitrogens with one attached hydrogen (secondary N) is 2. The fourth-order valence-corrected chi connectivity index (χ4v) is 4.97. The van der Waals surface area contributed by atoms with Crippen molar-refractivity contribution in [1.29, 1.82) is 0 Å². The van der Waals surface area contributed by atoms with Crippen LogP contribution in [0.4, 0.5) is 5.69 Å². The third-order valence-electron chi connectivity index (χ3n) is 6.81. The van der Waals surface area contributed by atoms with Crippen LogP contribution >= 0.6 is 0 Å². The molecular formula is C29H36N3O4S+. The number of hydrogen-bond acceptors (Lipinski definition) is 5. The molecule has 37 heavy (non-hydrogen) atoms. The largest absolute Gasteiger partial charge is 0.381 e. The van der Waals surface area contributed by atoms with Crippen molar-refractivity contribution in [2.24, 2.45) is 0 Å². The Labute approximate surface area is 221 Å². The van der Waals surface area contributed by atoms with E-state index in [9.17, 15) is 9.00 Å². The van der Waals surface area contributed by atoms with Crippen LogP contribution in [0, 0.1) is 0 Å². The Hall–Kier alpha value is -2.88. The monoisotopic (exact) mass is 522 g/mol. The fraction of sp³-hybridized carbons (Fsp3) is 0.345. The molecule has 0 saturated carbocycles. The first-order valence-electron chi connectivity index (χ1n) is 12.7. The number of benzene rings is 3. The lowest BCUT2D eigenvalue weighted by Gasteiger charge is -2.28. The summed E-state index contributed by atoms with van der Waals surface area (Å²) >= 11 is -2.36. The lowest BCUT2D eigenvalue weighted by Crippen LogP contribution is -2.31. The van der Waals surface area contributed by atoms with Gasteiger partial charge in [0.25, 0.3) is 5.91 Å². The van der Waals surface area contributed by atoms with Gasteiger partial charge in [-0.2, -0.15) is 4.55 Å². The summed E-state index contributed by atoms with van der Waals surface area (Å²) < 4.78 is 25.3. The number of amides is 1. The van der Waals surface area contributed by atoms with Gasteiger partial charge in [-0.15, -0.1) is 0 Å². The predicted molar refractivity (Wildman–Crippen MR) is 148 cm³/mol. The summed E-state index contributed by atoms with van der Waals surface area (Å²) in [7, 11) is 2.01. The minimum Gasteiger partial charge on any atom is -0.381 e. The molecule has 196 valence electrons. The van der Waals surface area contributed by atoms with E-state index in [4.69, 9.17) is 9.29 Å². The molecule has 8 heteroatoms. The van der Waals surface area contributed by atoms with E-state index in [2.05, 4.69) is 39.8 Å². The molecule has 7 nitrogen and oxygen atoms in total. The van der Waals surface area contributed by atoms with E-state index in [0.29, 0.717) is 22.2 Å². The van der Waals surface area contributed by atoms with E-state index >= 15 is 0 Å². The molecule has 2 aliphatic heterocycles. The molecule has 0 bridgehead atoms. The highest BCUT2D eigenvalue weighted by atomic mass is 32.2. The maximum absolute atomic E-state index is 12.4. The second kappa shape index (κ2) is 13.6. The zero-order valence-corrected chi connectivity index (χ0v) is 22.1. The normalized spacial score (nSPS) is 16.7. The quantitative estimate of drug-likeness (QED) is 0.328. The Bertz CT molecular complexity index is 1180. The molecule has 1 saturated heterocycles. The lowest BCUT2D eigenvalue weighted by molar-refractivity contribution is 0.0799. The van der Waals surface area contributed by atoms with E-state index in [0.717, 1.165) is 39.3 Å². The van der Waals surface area contributed by atoms with Crippen molar-refractivity contribution in [3.8, 4) is 0 Å². The number of hydrogen-bond donors (Lipinski definition) is 3. The average molecular weight is 523 g/mol. The first kappa shape index (κ1) is 27.2. The standard InChI is InChI=1S/C23H22N2O3S.C6H13NO/c26-23(24-21-9-11-22(12-10-21)29(27)28)19-7-5-17(6-8-19)15-25-14-13-18-3-1-2-4-20(18)16-25;1-7-6-2-4-8-5-3-6/h1-12H,13-16H2,(H,24,26)(H,27,28);6-7H,2-5H2,1H3/p+1. The number of anilines is 1. The lowest BCUT2D eigenvalue weighted by atomic mass is 9.99. The third-order valence-corrected chi connectivity index (χ3v) is 7.55. The topological polar surface area (TPSA) is 90.9 Å². The second-order valence-corrected chi connectivity index (χ2v) is 10.4. The van der Waals surface area contributed by atoms with Crippen molar-refractivity contribution < 1.29 is 18.3 Å². The first-order valence-corrected chi connectivity index (χ1v) is 13.9. The molecule has 1 unspecified atom stereocenters. The highest BCUT2D eigenvalue weighted by Gasteiger charge is 2.16. The summed E-state index contributed by atoms with van der Waals surface area (Å²) in [5.41, 5.74) is 5.18. The number of thiol groups is 1. The van der Waals surface area contributed by atoms with Crippen molar-refractivity contribution in [3.05, 3.63) is 95.1 Å². The van der Waals surface area contributed by atoms with Crippen LogP contribution in [0.3, 0.4) is 0 Å². The minimum absolute atomic E-state index is 0.204. The minimum atomic E-state index is -2.36. The summed E-state index contributed by atoms with van der Waals surface area (Å²) in [5, 5.41) is 6.03. The number of nitrogens with zero attached hydrogens (tertiary/aromatic N) is 1. The summed E-state index contributed by atoms with van der Waals surface area (Å²) in [6, 6.07) is 23.3. The van der Waals surface area contributed by atoms with Gasteiger partial charge >= 0.3 is 0 Å². The molecule has 3 aromatic carbocycles. The molecule has 3 N–H and O–H groups in total. The van der Waals surface area contributed by atoms with Crippen LogP contribution in [-0.2, 0) is 39.5 Å². The van der Waals surface area contributed by atoms with Gasteiger partial charge in [0.2, 0.25) is 11.1 Å². The maximum Gasteiger partial charge on any atom is 0.255 e. The van der Waals surface area contributed by atoms with Crippen LogP contribution in [0.15, 0.2) is 77.7 Å². The Morgan fingerprint density at radius 2 is 1.68 bits per heavy atom. The van der Waals surface area contributed by atoms with Gasteiger partial charge in [-0.3, -0.25) is 9.69 Å². The van der Waals surface area contributed by atoms with E-state index in [1.165, 1.54) is 41.7 Å². The molecule has 3 aromatic rings. The zero-order valence-electron chi connectivity index (χ0n) is 21.2. The van der Waals surface area contributed by atoms with Crippen molar-refractivity contribution in [2.75, 3.05) is 32.1 Å². The number of fused-ring (bicyclic) bond motifs is 1. The Kier molecular flexibility index (Phi) is 9.99. The van der Waals surface area contributed by atoms with Crippen LogP contribution in [0.25, 0.3) is 0 Å². The van der Waals surface area contributed by atoms with Crippen molar-refractivity contribution in [2.45, 2.75) is 43.3 Å². The van der Waals surface area contributed by atoms with Gasteiger partial charge in [0.15, 0.2) is 4.90 Å². The van der Waals surface area contributed by atoms with Gasteiger partial charge in [-0.1, -0.05) is 40.6 Å². The van der Waals surface area contributed by atoms with E-state index in [1.807, 2.05) is 31.3 Å². The number of carbonyl (C=O) groups excluding carboxylic acids is 1. The average Bonchev–Trinajstić information content (AvgIpc) is 2.94. The van der Waals surface area contributed by atoms with Crippen LogP contribution in [0.2, 0.25) is 0 Å². The number of carbonyl (C=O) groups is 1. The van der Waals surface area contributed by atoms with E-state index < -0.39 is 11.1 Å². The van der Waals surface area contributed by atoms with Crippen LogP contribution < -0.4 is 10.6 Å². The van der Waals surface area contributed by atoms with Gasteiger partial charge in [0, 0.05) is 50.1 Å². The third kappa shape index (κ3) is 8.05. The van der Waals surface area contributed by atoms with Crippen molar-refractivity contribution >= 4 is 22.7 Å². The number of rotatable bonds is 6. The Morgan fingerprint density at radius 1 is 1.00 bits per heavy atom. The second-order valence-electron chi connectivity index (χ2n) is 9.38. The van der Waals surface area contributed by atoms with Gasteiger partial charge in [-0.05, 0) is 79.4 Å². The first-order chi connectivity index (χ1) is 18.0. The molecule has 2 aliphatic rings. The van der Waals surface area contributed by atoms with Crippen LogP contribution in [0.1, 0.15) is 39.9 Å². The summed E-state index contributed by atoms with van der Waals surface area (Å²) in [6.45, 7) is 4.72. The molecule has 2 heterocycles. The molecule has 0 radical (unpaired) electrons. The summed E-state index contributed by atoms with van der Waals surface area (Å²) in [5.74, 6) is -0.204. The van der Waals surface area contributed by atoms with Gasteiger partial charge < -0.3 is 15.4 Å². The SMILES string of the molecule is CNC1CCOCC1.O=C(Nc1ccc([SH+](=O)O)cc1)c1ccc(CN2CCc3ccccc3C2)cc1. The molecule has 1 amide bonds. The van der Waals surface area contributed by atoms with Gasteiger partial charge in [0.05, 0.1) is 0 Å². The Morgan fingerprint density at radius 3 is 2.30 bits per heavy atom. The molecule has 5 rings (SSSR count). The number of ether oxygens (including phenoxy) is 1. The fourth-order valence-electron chi connectivity index (χ4n) is 4.57. The molecule has 1 atom stereocenters. The summed E-state index contributed by atoms with van der Waals surface area (Å²) in [6.07, 6.45) is 3.42. The predicted octanol–water partition coefficient (Wildman–Crippen LogP) is 4.41. The van der Waals surface area contributed by atoms with Crippen LogP contribution in [-0.4, -0.2) is 48.2 Å². The van der Waals surface area contributed by atoms with Crippen molar-refractivity contribution in [1.82, 2.24) is 10.2 Å².